The fourth-order valence-corrected chi connectivity index (χ4v) is 4.09. The molecule has 0 bridgehead atoms. The van der Waals surface area contributed by atoms with Crippen LogP contribution in [0.4, 0.5) is 24.7 Å². The van der Waals surface area contributed by atoms with Gasteiger partial charge < -0.3 is 25.8 Å². The van der Waals surface area contributed by atoms with Crippen molar-refractivity contribution >= 4 is 29.3 Å². The van der Waals surface area contributed by atoms with Gasteiger partial charge in [-0.1, -0.05) is 30.3 Å². The van der Waals surface area contributed by atoms with Crippen LogP contribution in [-0.2, 0) is 9.59 Å². The normalized spacial score (nSPS) is 10.8. The first kappa shape index (κ1) is 31.2. The molecule has 1 heterocycles. The highest BCUT2D eigenvalue weighted by Gasteiger charge is 2.42. The zero-order valence-electron chi connectivity index (χ0n) is 23.1. The number of pyridine rings is 1. The first-order valence-electron chi connectivity index (χ1n) is 12.9. The van der Waals surface area contributed by atoms with E-state index in [0.717, 1.165) is 6.07 Å². The van der Waals surface area contributed by atoms with E-state index in [2.05, 4.69) is 15.6 Å². The summed E-state index contributed by atoms with van der Waals surface area (Å²) >= 11 is 0. The number of rotatable bonds is 9. The average Bonchev–Trinajstić information content (AvgIpc) is 3.00. The first-order chi connectivity index (χ1) is 21.0. The van der Waals surface area contributed by atoms with Gasteiger partial charge in [0.2, 0.25) is 5.91 Å². The number of amides is 2. The number of nitrogens with zero attached hydrogens (tertiary/aromatic N) is 2. The molecular weight excluding hydrogens is 579 g/mol. The summed E-state index contributed by atoms with van der Waals surface area (Å²) in [6, 6.07) is 21.7. The van der Waals surface area contributed by atoms with E-state index in [0.29, 0.717) is 11.3 Å². The van der Waals surface area contributed by atoms with Gasteiger partial charge in [0.1, 0.15) is 23.1 Å². The Morgan fingerprint density at radius 3 is 2.36 bits per heavy atom. The molecule has 0 unspecified atom stereocenters. The zero-order chi connectivity index (χ0) is 31.9. The number of esters is 1. The summed E-state index contributed by atoms with van der Waals surface area (Å²) in [5, 5.41) is 15.5. The minimum atomic E-state index is -5.30. The number of aromatic nitrogens is 1. The van der Waals surface area contributed by atoms with E-state index in [1.54, 1.807) is 42.5 Å². The number of methoxy groups -OCH3 is 1. The van der Waals surface area contributed by atoms with Crippen molar-refractivity contribution in [3.8, 4) is 40.0 Å². The highest BCUT2D eigenvalue weighted by Crippen LogP contribution is 2.39. The predicted molar refractivity (Wildman–Crippen MR) is 155 cm³/mol. The number of nitriles is 1. The van der Waals surface area contributed by atoms with Gasteiger partial charge in [0, 0.05) is 41.4 Å². The highest BCUT2D eigenvalue weighted by atomic mass is 19.4. The van der Waals surface area contributed by atoms with Gasteiger partial charge in [-0.05, 0) is 48.0 Å². The van der Waals surface area contributed by atoms with Crippen molar-refractivity contribution in [3.05, 3.63) is 90.0 Å². The molecular formula is C31H24F3N5O5. The fourth-order valence-electron chi connectivity index (χ4n) is 4.09. The summed E-state index contributed by atoms with van der Waals surface area (Å²) < 4.78 is 49.2. The summed E-state index contributed by atoms with van der Waals surface area (Å²) in [5.41, 5.74) is 6.49. The SMILES string of the molecule is COc1ccc(-c2cc(-c3cccc(NC(=O)CCN)c3)c(C#N)c(NC(=O)c3ccccc3)n2)c(OC(=O)C(F)(F)F)c1. The second-order valence-electron chi connectivity index (χ2n) is 9.13. The van der Waals surface area contributed by atoms with Gasteiger partial charge in [0.05, 0.1) is 12.8 Å². The third-order valence-corrected chi connectivity index (χ3v) is 6.13. The van der Waals surface area contributed by atoms with Crippen molar-refractivity contribution in [2.24, 2.45) is 5.73 Å². The average molecular weight is 604 g/mol. The van der Waals surface area contributed by atoms with Crippen LogP contribution in [0.5, 0.6) is 11.5 Å². The molecule has 10 nitrogen and oxygen atoms in total. The molecule has 4 N–H and O–H groups in total. The van der Waals surface area contributed by atoms with Gasteiger partial charge in [0.25, 0.3) is 5.91 Å². The van der Waals surface area contributed by atoms with Gasteiger partial charge in [-0.25, -0.2) is 9.78 Å². The Hall–Kier alpha value is -5.74. The minimum absolute atomic E-state index is 0.0486. The second-order valence-corrected chi connectivity index (χ2v) is 9.13. The van der Waals surface area contributed by atoms with E-state index in [-0.39, 0.29) is 58.4 Å². The van der Waals surface area contributed by atoms with Gasteiger partial charge in [-0.2, -0.15) is 18.4 Å². The first-order valence-corrected chi connectivity index (χ1v) is 12.9. The van der Waals surface area contributed by atoms with Crippen LogP contribution in [-0.4, -0.2) is 42.6 Å². The van der Waals surface area contributed by atoms with Crippen molar-refractivity contribution in [1.29, 1.82) is 5.26 Å². The van der Waals surface area contributed by atoms with Gasteiger partial charge in [-0.15, -0.1) is 0 Å². The number of carbonyl (C=O) groups is 3. The van der Waals surface area contributed by atoms with Crippen LogP contribution in [0.25, 0.3) is 22.4 Å². The van der Waals surface area contributed by atoms with Crippen LogP contribution in [0.2, 0.25) is 0 Å². The maximum atomic E-state index is 13.1. The molecule has 0 saturated heterocycles. The minimum Gasteiger partial charge on any atom is -0.497 e. The van der Waals surface area contributed by atoms with E-state index >= 15 is 0 Å². The number of hydrogen-bond donors (Lipinski definition) is 3. The van der Waals surface area contributed by atoms with Gasteiger partial charge >= 0.3 is 12.1 Å². The number of nitrogens with two attached hydrogens (primary N) is 1. The number of nitrogens with one attached hydrogen (secondary N) is 2. The highest BCUT2D eigenvalue weighted by molar-refractivity contribution is 6.05. The molecule has 0 spiro atoms. The number of alkyl halides is 3. The molecule has 4 rings (SSSR count). The summed E-state index contributed by atoms with van der Waals surface area (Å²) in [4.78, 5) is 41.4. The molecule has 0 saturated carbocycles. The standard InChI is InChI=1S/C31H24F3N5O5/c1-43-21-10-11-22(26(15-21)44-30(42)31(32,33)34)25-16-23(19-8-5-9-20(14-19)37-27(40)12-13-35)24(17-36)28(38-25)39-29(41)18-6-3-2-4-7-18/h2-11,14-16H,12-13,35H2,1H3,(H,37,40)(H,38,39,41). The lowest BCUT2D eigenvalue weighted by atomic mass is 9.97. The number of anilines is 2. The number of ether oxygens (including phenoxy) is 2. The molecule has 4 aromatic rings. The van der Waals surface area contributed by atoms with Crippen molar-refractivity contribution < 1.29 is 37.0 Å². The van der Waals surface area contributed by atoms with Crippen LogP contribution in [0, 0.1) is 11.3 Å². The lowest BCUT2D eigenvalue weighted by molar-refractivity contribution is -0.189. The molecule has 1 aromatic heterocycles. The van der Waals surface area contributed by atoms with E-state index in [1.807, 2.05) is 6.07 Å². The number of hydrogen-bond acceptors (Lipinski definition) is 8. The van der Waals surface area contributed by atoms with Crippen molar-refractivity contribution in [2.45, 2.75) is 12.6 Å². The lowest BCUT2D eigenvalue weighted by Crippen LogP contribution is -2.28. The topological polar surface area (TPSA) is 156 Å². The second kappa shape index (κ2) is 13.5. The largest absolute Gasteiger partial charge is 0.497 e. The Kier molecular flexibility index (Phi) is 9.57. The Balaban J connectivity index is 1.92. The molecule has 0 aliphatic carbocycles. The molecule has 44 heavy (non-hydrogen) atoms. The maximum absolute atomic E-state index is 13.1. The third kappa shape index (κ3) is 7.36. The van der Waals surface area contributed by atoms with E-state index in [4.69, 9.17) is 15.2 Å². The summed E-state index contributed by atoms with van der Waals surface area (Å²) in [6.07, 6.45) is -5.23. The van der Waals surface area contributed by atoms with Crippen molar-refractivity contribution in [2.75, 3.05) is 24.3 Å². The molecule has 0 fully saturated rings. The monoisotopic (exact) mass is 603 g/mol. The van der Waals surface area contributed by atoms with Crippen molar-refractivity contribution in [1.82, 2.24) is 4.98 Å². The Morgan fingerprint density at radius 2 is 1.70 bits per heavy atom. The molecule has 224 valence electrons. The Morgan fingerprint density at radius 1 is 0.955 bits per heavy atom. The summed E-state index contributed by atoms with van der Waals surface area (Å²) in [7, 11) is 1.28. The molecule has 3 aromatic carbocycles. The number of halogens is 3. The smallest absolute Gasteiger partial charge is 0.491 e. The van der Waals surface area contributed by atoms with Crippen LogP contribution in [0.3, 0.4) is 0 Å². The van der Waals surface area contributed by atoms with Gasteiger partial charge in [-0.3, -0.25) is 9.59 Å². The zero-order valence-corrected chi connectivity index (χ0v) is 23.1. The van der Waals surface area contributed by atoms with E-state index < -0.39 is 23.8 Å². The quantitative estimate of drug-likeness (QED) is 0.172. The van der Waals surface area contributed by atoms with Crippen molar-refractivity contribution in [3.63, 3.8) is 0 Å². The molecule has 2 amide bonds. The van der Waals surface area contributed by atoms with E-state index in [9.17, 15) is 32.8 Å². The predicted octanol–water partition coefficient (Wildman–Crippen LogP) is 5.30. The van der Waals surface area contributed by atoms with Crippen LogP contribution < -0.4 is 25.8 Å². The Labute approximate surface area is 249 Å². The molecule has 13 heteroatoms. The van der Waals surface area contributed by atoms with Gasteiger partial charge in [0.15, 0.2) is 5.82 Å². The van der Waals surface area contributed by atoms with E-state index in [1.165, 1.54) is 37.4 Å². The number of benzene rings is 3. The van der Waals surface area contributed by atoms with Crippen LogP contribution in [0.15, 0.2) is 78.9 Å². The summed E-state index contributed by atoms with van der Waals surface area (Å²) in [5.74, 6) is -4.08. The van der Waals surface area contributed by atoms with Crippen LogP contribution in [0.1, 0.15) is 22.3 Å². The molecule has 0 aliphatic rings. The van der Waals surface area contributed by atoms with Crippen LogP contribution >= 0.6 is 0 Å². The fraction of sp³-hybridized carbons (Fsp3) is 0.129. The maximum Gasteiger partial charge on any atom is 0.491 e. The number of carbonyl (C=O) groups excluding carboxylic acids is 3. The molecule has 0 atom stereocenters. The molecule has 0 radical (unpaired) electrons. The third-order valence-electron chi connectivity index (χ3n) is 6.13. The molecule has 0 aliphatic heterocycles. The lowest BCUT2D eigenvalue weighted by Gasteiger charge is -2.17. The Bertz CT molecular complexity index is 1750. The summed E-state index contributed by atoms with van der Waals surface area (Å²) in [6.45, 7) is 0.130.